The van der Waals surface area contributed by atoms with Crippen LogP contribution in [-0.2, 0) is 11.8 Å². The zero-order valence-electron chi connectivity index (χ0n) is 14.7. The first-order chi connectivity index (χ1) is 9.30. The maximum Gasteiger partial charge on any atom is 0.0957 e. The van der Waals surface area contributed by atoms with Crippen LogP contribution in [0.25, 0.3) is 0 Å². The monoisotopic (exact) mass is 309 g/mol. The van der Waals surface area contributed by atoms with E-state index in [1.54, 1.807) is 11.3 Å². The van der Waals surface area contributed by atoms with E-state index in [4.69, 9.17) is 4.98 Å². The topological polar surface area (TPSA) is 33.1 Å². The highest BCUT2D eigenvalue weighted by atomic mass is 32.1. The average Bonchev–Trinajstić information content (AvgIpc) is 2.57. The predicted molar refractivity (Wildman–Crippen MR) is 90.9 cm³/mol. The van der Waals surface area contributed by atoms with Gasteiger partial charge in [0, 0.05) is 17.2 Å². The molecule has 1 aliphatic carbocycles. The molecule has 0 aromatic carbocycles. The number of aromatic nitrogens is 1. The van der Waals surface area contributed by atoms with E-state index in [9.17, 15) is 5.11 Å². The van der Waals surface area contributed by atoms with Gasteiger partial charge in [-0.1, -0.05) is 48.5 Å². The van der Waals surface area contributed by atoms with E-state index in [2.05, 4.69) is 53.8 Å². The van der Waals surface area contributed by atoms with Crippen molar-refractivity contribution in [2.75, 3.05) is 0 Å². The summed E-state index contributed by atoms with van der Waals surface area (Å²) in [5, 5.41) is 14.4. The first-order valence-corrected chi connectivity index (χ1v) is 8.86. The minimum Gasteiger partial charge on any atom is -0.389 e. The molecule has 2 nitrogen and oxygen atoms in total. The molecule has 0 bridgehead atoms. The Morgan fingerprint density at radius 1 is 1.10 bits per heavy atom. The molecule has 0 amide bonds. The number of thiazole rings is 1. The van der Waals surface area contributed by atoms with Crippen LogP contribution >= 0.6 is 11.3 Å². The van der Waals surface area contributed by atoms with Crippen molar-refractivity contribution in [2.24, 2.45) is 10.8 Å². The molecule has 21 heavy (non-hydrogen) atoms. The summed E-state index contributed by atoms with van der Waals surface area (Å²) in [6, 6.07) is 0. The molecule has 3 heteroatoms. The van der Waals surface area contributed by atoms with E-state index in [1.165, 1.54) is 6.42 Å². The number of hydrogen-bond acceptors (Lipinski definition) is 3. The third-order valence-electron chi connectivity index (χ3n) is 4.37. The number of aliphatic hydroxyl groups is 1. The third kappa shape index (κ3) is 4.29. The Labute approximate surface area is 134 Å². The van der Waals surface area contributed by atoms with Crippen LogP contribution in [0.3, 0.4) is 0 Å². The van der Waals surface area contributed by atoms with Crippen LogP contribution in [0.15, 0.2) is 5.38 Å². The normalized spacial score (nSPS) is 24.0. The van der Waals surface area contributed by atoms with Gasteiger partial charge in [0.05, 0.1) is 16.3 Å². The Balaban J connectivity index is 2.19. The van der Waals surface area contributed by atoms with Gasteiger partial charge in [-0.3, -0.25) is 0 Å². The van der Waals surface area contributed by atoms with Crippen LogP contribution in [0.1, 0.15) is 78.4 Å². The maximum absolute atomic E-state index is 11.2. The summed E-state index contributed by atoms with van der Waals surface area (Å²) in [5.41, 5.74) is 1.00. The Morgan fingerprint density at radius 3 is 2.05 bits per heavy atom. The van der Waals surface area contributed by atoms with E-state index >= 15 is 0 Å². The van der Waals surface area contributed by atoms with E-state index in [-0.39, 0.29) is 16.2 Å². The van der Waals surface area contributed by atoms with Crippen LogP contribution in [0.2, 0.25) is 0 Å². The molecule has 0 spiro atoms. The molecule has 1 aromatic heterocycles. The summed E-state index contributed by atoms with van der Waals surface area (Å²) in [5.74, 6) is 0. The van der Waals surface area contributed by atoms with Gasteiger partial charge < -0.3 is 5.11 Å². The lowest BCUT2D eigenvalue weighted by atomic mass is 9.59. The van der Waals surface area contributed by atoms with Crippen molar-refractivity contribution >= 4 is 11.3 Å². The Kier molecular flexibility index (Phi) is 4.08. The lowest BCUT2D eigenvalue weighted by Gasteiger charge is -2.49. The number of rotatable bonds is 2. The summed E-state index contributed by atoms with van der Waals surface area (Å²) >= 11 is 1.70. The number of hydrogen-bond donors (Lipinski definition) is 1. The predicted octanol–water partition coefficient (Wildman–Crippen LogP) is 4.95. The molecule has 1 heterocycles. The zero-order valence-corrected chi connectivity index (χ0v) is 15.5. The van der Waals surface area contributed by atoms with Gasteiger partial charge in [0.25, 0.3) is 0 Å². The molecule has 0 saturated heterocycles. The fourth-order valence-electron chi connectivity index (χ4n) is 4.41. The van der Waals surface area contributed by atoms with Crippen LogP contribution in [-0.4, -0.2) is 15.7 Å². The first kappa shape index (κ1) is 17.0. The van der Waals surface area contributed by atoms with Crippen molar-refractivity contribution in [2.45, 2.75) is 85.2 Å². The summed E-state index contributed by atoms with van der Waals surface area (Å²) < 4.78 is 0. The van der Waals surface area contributed by atoms with E-state index < -0.39 is 5.60 Å². The molecule has 1 fully saturated rings. The molecule has 1 aromatic rings. The number of nitrogens with zero attached hydrogens (tertiary/aromatic N) is 1. The van der Waals surface area contributed by atoms with Gasteiger partial charge in [-0.05, 0) is 30.1 Å². The van der Waals surface area contributed by atoms with Crippen LogP contribution in [0.5, 0.6) is 0 Å². The van der Waals surface area contributed by atoms with Gasteiger partial charge in [-0.25, -0.2) is 4.98 Å². The molecule has 1 N–H and O–H groups in total. The van der Waals surface area contributed by atoms with Crippen molar-refractivity contribution in [3.8, 4) is 0 Å². The smallest absolute Gasteiger partial charge is 0.0957 e. The van der Waals surface area contributed by atoms with Crippen molar-refractivity contribution < 1.29 is 5.11 Å². The van der Waals surface area contributed by atoms with E-state index in [1.807, 2.05) is 0 Å². The molecule has 0 atom stereocenters. The minimum absolute atomic E-state index is 0.0858. The Morgan fingerprint density at radius 2 is 1.62 bits per heavy atom. The minimum atomic E-state index is -0.613. The molecular formula is C18H31NOS. The summed E-state index contributed by atoms with van der Waals surface area (Å²) in [6.07, 6.45) is 3.61. The Bertz CT molecular complexity index is 492. The molecule has 1 saturated carbocycles. The second-order valence-electron chi connectivity index (χ2n) is 9.64. The van der Waals surface area contributed by atoms with Crippen LogP contribution in [0, 0.1) is 10.8 Å². The fraction of sp³-hybridized carbons (Fsp3) is 0.833. The van der Waals surface area contributed by atoms with Gasteiger partial charge in [0.1, 0.15) is 0 Å². The van der Waals surface area contributed by atoms with Crippen molar-refractivity contribution in [3.05, 3.63) is 16.1 Å². The highest BCUT2D eigenvalue weighted by Gasteiger charge is 2.46. The Hall–Kier alpha value is -0.410. The maximum atomic E-state index is 11.2. The molecule has 0 aliphatic heterocycles. The second kappa shape index (κ2) is 5.06. The lowest BCUT2D eigenvalue weighted by Crippen LogP contribution is -2.47. The third-order valence-corrected chi connectivity index (χ3v) is 5.22. The van der Waals surface area contributed by atoms with Crippen LogP contribution < -0.4 is 0 Å². The second-order valence-corrected chi connectivity index (χ2v) is 10.6. The van der Waals surface area contributed by atoms with E-state index in [0.717, 1.165) is 23.5 Å². The lowest BCUT2D eigenvalue weighted by molar-refractivity contribution is -0.0851. The van der Waals surface area contributed by atoms with Gasteiger partial charge in [-0.15, -0.1) is 11.3 Å². The molecule has 0 radical (unpaired) electrons. The molecule has 1 aliphatic rings. The van der Waals surface area contributed by atoms with Crippen LogP contribution in [0.4, 0.5) is 0 Å². The molecular weight excluding hydrogens is 278 g/mol. The molecule has 120 valence electrons. The highest BCUT2D eigenvalue weighted by molar-refractivity contribution is 7.09. The standard InChI is InChI=1S/C18H31NOS/c1-15(2,3)13-9-21-14(19-13)8-18(20)11-16(4,5)10-17(6,7)12-18/h9,20H,8,10-12H2,1-7H3. The van der Waals surface area contributed by atoms with Crippen molar-refractivity contribution in [3.63, 3.8) is 0 Å². The summed E-state index contributed by atoms with van der Waals surface area (Å²) in [6.45, 7) is 15.7. The zero-order chi connectivity index (χ0) is 16.1. The summed E-state index contributed by atoms with van der Waals surface area (Å²) in [4.78, 5) is 4.77. The van der Waals surface area contributed by atoms with E-state index in [0.29, 0.717) is 6.42 Å². The SMILES string of the molecule is CC1(C)CC(C)(C)CC(O)(Cc2nc(C(C)(C)C)cs2)C1. The largest absolute Gasteiger partial charge is 0.389 e. The first-order valence-electron chi connectivity index (χ1n) is 7.98. The highest BCUT2D eigenvalue weighted by Crippen LogP contribution is 2.51. The van der Waals surface area contributed by atoms with Gasteiger partial charge in [-0.2, -0.15) is 0 Å². The fourth-order valence-corrected chi connectivity index (χ4v) is 5.56. The van der Waals surface area contributed by atoms with Gasteiger partial charge in [0.2, 0.25) is 0 Å². The summed E-state index contributed by atoms with van der Waals surface area (Å²) in [7, 11) is 0. The van der Waals surface area contributed by atoms with Gasteiger partial charge in [0.15, 0.2) is 0 Å². The quantitative estimate of drug-likeness (QED) is 0.838. The molecule has 2 rings (SSSR count). The van der Waals surface area contributed by atoms with Crippen molar-refractivity contribution in [1.29, 1.82) is 0 Å². The molecule has 0 unspecified atom stereocenters. The average molecular weight is 310 g/mol. The van der Waals surface area contributed by atoms with Gasteiger partial charge >= 0.3 is 0 Å². The van der Waals surface area contributed by atoms with Crippen molar-refractivity contribution in [1.82, 2.24) is 4.98 Å².